The van der Waals surface area contributed by atoms with Crippen LogP contribution in [-0.2, 0) is 23.9 Å². The topological polar surface area (TPSA) is 114 Å². The van der Waals surface area contributed by atoms with E-state index in [1.165, 1.54) is 12.0 Å². The highest BCUT2D eigenvalue weighted by molar-refractivity contribution is 5.92. The fourth-order valence-electron chi connectivity index (χ4n) is 3.06. The number of ether oxygens (including phenoxy) is 2. The number of carbonyl (C=O) groups is 4. The van der Waals surface area contributed by atoms with Gasteiger partial charge in [-0.2, -0.15) is 0 Å². The molecule has 0 radical (unpaired) electrons. The van der Waals surface area contributed by atoms with E-state index in [1.807, 2.05) is 20.8 Å². The van der Waals surface area contributed by atoms with Gasteiger partial charge in [0.15, 0.2) is 0 Å². The maximum atomic E-state index is 13.4. The van der Waals surface area contributed by atoms with E-state index in [0.717, 1.165) is 0 Å². The molecule has 0 aliphatic carbocycles. The van der Waals surface area contributed by atoms with Crippen LogP contribution in [0.15, 0.2) is 24.3 Å². The lowest BCUT2D eigenvalue weighted by Gasteiger charge is -2.43. The molecule has 1 rings (SSSR count). The molecule has 1 aromatic carbocycles. The molecule has 3 amide bonds. The highest BCUT2D eigenvalue weighted by atomic mass is 16.6. The molecule has 2 N–H and O–H groups in total. The number of alkyl carbamates (subject to hydrolysis) is 1. The average Bonchev–Trinajstić information content (AvgIpc) is 2.77. The summed E-state index contributed by atoms with van der Waals surface area (Å²) in [7, 11) is 1.21. The molecule has 0 aliphatic rings. The van der Waals surface area contributed by atoms with Crippen molar-refractivity contribution in [3.63, 3.8) is 0 Å². The van der Waals surface area contributed by atoms with Crippen LogP contribution in [0.4, 0.5) is 4.79 Å². The first-order valence-electron chi connectivity index (χ1n) is 11.0. The third-order valence-corrected chi connectivity index (χ3v) is 5.10. The summed E-state index contributed by atoms with van der Waals surface area (Å²) in [5.74, 6) is 0.800. The standard InChI is InChI=1S/C25H35N3O6/c1-9-17-11-13-18(14-12-17)21(22(31)26-16-20(30)33-8)28(25(6,7)10-2)19(29)15-27-23(32)34-24(3,4)5/h1,11-14,21H,10,15-16H2,2-8H3,(H,26,31)(H,27,32). The highest BCUT2D eigenvalue weighted by Gasteiger charge is 2.40. The van der Waals surface area contributed by atoms with Crippen LogP contribution in [0.2, 0.25) is 0 Å². The molecule has 34 heavy (non-hydrogen) atoms. The molecule has 0 saturated carbocycles. The second-order valence-electron chi connectivity index (χ2n) is 9.25. The largest absolute Gasteiger partial charge is 0.468 e. The van der Waals surface area contributed by atoms with E-state index >= 15 is 0 Å². The van der Waals surface area contributed by atoms with Gasteiger partial charge in [-0.3, -0.25) is 14.4 Å². The molecule has 0 bridgehead atoms. The van der Waals surface area contributed by atoms with Gasteiger partial charge in [0.1, 0.15) is 24.7 Å². The maximum Gasteiger partial charge on any atom is 0.408 e. The van der Waals surface area contributed by atoms with Crippen molar-refractivity contribution in [3.8, 4) is 12.3 Å². The molecule has 0 heterocycles. The number of nitrogens with one attached hydrogen (secondary N) is 2. The van der Waals surface area contributed by atoms with Crippen molar-refractivity contribution in [2.45, 2.75) is 65.1 Å². The summed E-state index contributed by atoms with van der Waals surface area (Å²) in [6.45, 7) is 9.89. The lowest BCUT2D eigenvalue weighted by atomic mass is 9.92. The minimum atomic E-state index is -1.10. The Balaban J connectivity index is 3.37. The SMILES string of the molecule is C#Cc1ccc(C(C(=O)NCC(=O)OC)N(C(=O)CNC(=O)OC(C)(C)C)C(C)(C)CC)cc1. The Morgan fingerprint density at radius 1 is 1.03 bits per heavy atom. The number of nitrogens with zero attached hydrogens (tertiary/aromatic N) is 1. The number of carbonyl (C=O) groups excluding carboxylic acids is 4. The molecule has 0 spiro atoms. The van der Waals surface area contributed by atoms with E-state index in [9.17, 15) is 19.2 Å². The van der Waals surface area contributed by atoms with E-state index in [0.29, 0.717) is 17.5 Å². The van der Waals surface area contributed by atoms with Gasteiger partial charge in [-0.25, -0.2) is 4.79 Å². The fourth-order valence-corrected chi connectivity index (χ4v) is 3.06. The summed E-state index contributed by atoms with van der Waals surface area (Å²) >= 11 is 0. The number of hydrogen-bond acceptors (Lipinski definition) is 6. The number of esters is 1. The monoisotopic (exact) mass is 473 g/mol. The summed E-state index contributed by atoms with van der Waals surface area (Å²) < 4.78 is 9.80. The lowest BCUT2D eigenvalue weighted by molar-refractivity contribution is -0.148. The zero-order chi connectivity index (χ0) is 26.1. The molecule has 1 aromatic rings. The van der Waals surface area contributed by atoms with Gasteiger partial charge in [0.25, 0.3) is 0 Å². The second kappa shape index (κ2) is 12.1. The highest BCUT2D eigenvalue weighted by Crippen LogP contribution is 2.31. The average molecular weight is 474 g/mol. The van der Waals surface area contributed by atoms with E-state index in [-0.39, 0.29) is 13.1 Å². The Bertz CT molecular complexity index is 925. The van der Waals surface area contributed by atoms with E-state index < -0.39 is 41.1 Å². The third-order valence-electron chi connectivity index (χ3n) is 5.10. The van der Waals surface area contributed by atoms with Crippen LogP contribution in [0.1, 0.15) is 65.1 Å². The zero-order valence-electron chi connectivity index (χ0n) is 21.0. The normalized spacial score (nSPS) is 12.1. The minimum absolute atomic E-state index is 0.362. The summed E-state index contributed by atoms with van der Waals surface area (Å²) in [4.78, 5) is 51.8. The first-order valence-corrected chi connectivity index (χ1v) is 11.0. The Morgan fingerprint density at radius 3 is 2.09 bits per heavy atom. The number of benzene rings is 1. The lowest BCUT2D eigenvalue weighted by Crippen LogP contribution is -2.56. The predicted molar refractivity (Wildman–Crippen MR) is 128 cm³/mol. The van der Waals surface area contributed by atoms with E-state index in [2.05, 4.69) is 21.3 Å². The number of rotatable bonds is 9. The maximum absolute atomic E-state index is 13.4. The van der Waals surface area contributed by atoms with Crippen LogP contribution in [0.3, 0.4) is 0 Å². The van der Waals surface area contributed by atoms with Crippen LogP contribution in [0.25, 0.3) is 0 Å². The molecule has 0 saturated heterocycles. The van der Waals surface area contributed by atoms with Crippen molar-refractivity contribution in [2.24, 2.45) is 0 Å². The molecule has 9 heteroatoms. The first-order chi connectivity index (χ1) is 15.8. The Labute approximate surface area is 201 Å². The molecule has 1 unspecified atom stereocenters. The number of terminal acetylenes is 1. The van der Waals surface area contributed by atoms with Crippen molar-refractivity contribution >= 4 is 23.9 Å². The molecule has 9 nitrogen and oxygen atoms in total. The van der Waals surface area contributed by atoms with E-state index in [1.54, 1.807) is 45.0 Å². The minimum Gasteiger partial charge on any atom is -0.468 e. The van der Waals surface area contributed by atoms with Gasteiger partial charge in [-0.05, 0) is 58.7 Å². The van der Waals surface area contributed by atoms with Gasteiger partial charge in [-0.1, -0.05) is 25.0 Å². The van der Waals surface area contributed by atoms with Gasteiger partial charge < -0.3 is 25.0 Å². The number of hydrogen-bond donors (Lipinski definition) is 2. The zero-order valence-corrected chi connectivity index (χ0v) is 21.0. The quantitative estimate of drug-likeness (QED) is 0.421. The van der Waals surface area contributed by atoms with Crippen molar-refractivity contribution < 1.29 is 28.7 Å². The molecule has 1 atom stereocenters. The van der Waals surface area contributed by atoms with Gasteiger partial charge in [0.2, 0.25) is 11.8 Å². The van der Waals surface area contributed by atoms with Crippen molar-refractivity contribution in [2.75, 3.05) is 20.2 Å². The van der Waals surface area contributed by atoms with Crippen molar-refractivity contribution in [1.82, 2.24) is 15.5 Å². The van der Waals surface area contributed by atoms with E-state index in [4.69, 9.17) is 11.2 Å². The molecule has 0 fully saturated rings. The van der Waals surface area contributed by atoms with Gasteiger partial charge in [0, 0.05) is 11.1 Å². The summed E-state index contributed by atoms with van der Waals surface area (Å²) in [6.07, 6.45) is 5.20. The molecule has 0 aliphatic heterocycles. The Morgan fingerprint density at radius 2 is 1.62 bits per heavy atom. The molecule has 186 valence electrons. The predicted octanol–water partition coefficient (Wildman–Crippen LogP) is 2.54. The Kier molecular flexibility index (Phi) is 10.1. The first kappa shape index (κ1) is 28.5. The molecular formula is C25H35N3O6. The fraction of sp³-hybridized carbons (Fsp3) is 0.520. The third kappa shape index (κ3) is 8.43. The van der Waals surface area contributed by atoms with Crippen molar-refractivity contribution in [3.05, 3.63) is 35.4 Å². The summed E-state index contributed by atoms with van der Waals surface area (Å²) in [5, 5.41) is 4.98. The summed E-state index contributed by atoms with van der Waals surface area (Å²) in [5.41, 5.74) is -0.416. The molecular weight excluding hydrogens is 438 g/mol. The second-order valence-corrected chi connectivity index (χ2v) is 9.25. The van der Waals surface area contributed by atoms with Gasteiger partial charge in [-0.15, -0.1) is 6.42 Å². The van der Waals surface area contributed by atoms with Crippen molar-refractivity contribution in [1.29, 1.82) is 0 Å². The Hall–Kier alpha value is -3.54. The van der Waals surface area contributed by atoms with Gasteiger partial charge >= 0.3 is 12.1 Å². The van der Waals surface area contributed by atoms with Gasteiger partial charge in [0.05, 0.1) is 7.11 Å². The van der Waals surface area contributed by atoms with Crippen LogP contribution in [-0.4, -0.2) is 60.1 Å². The van der Waals surface area contributed by atoms with Crippen LogP contribution in [0.5, 0.6) is 0 Å². The van der Waals surface area contributed by atoms with Crippen LogP contribution in [0, 0.1) is 12.3 Å². The summed E-state index contributed by atoms with van der Waals surface area (Å²) in [6, 6.07) is 5.54. The number of methoxy groups -OCH3 is 1. The molecule has 0 aromatic heterocycles. The van der Waals surface area contributed by atoms with Crippen LogP contribution < -0.4 is 10.6 Å². The smallest absolute Gasteiger partial charge is 0.408 e. The number of amides is 3. The van der Waals surface area contributed by atoms with Crippen LogP contribution >= 0.6 is 0 Å².